The summed E-state index contributed by atoms with van der Waals surface area (Å²) in [7, 11) is 1.56. The van der Waals surface area contributed by atoms with E-state index in [1.54, 1.807) is 67.8 Å². The SMILES string of the molecule is COCCOc1ccccc1C(=O)NNC(=O)c1ccc(NC(=O)c2ccccc2C)cc1. The zero-order valence-corrected chi connectivity index (χ0v) is 18.4. The number of para-hydroxylation sites is 1. The molecule has 170 valence electrons. The van der Waals surface area contributed by atoms with E-state index in [1.165, 1.54) is 0 Å². The molecule has 0 spiro atoms. The molecule has 0 fully saturated rings. The van der Waals surface area contributed by atoms with E-state index in [2.05, 4.69) is 16.2 Å². The van der Waals surface area contributed by atoms with Crippen molar-refractivity contribution in [1.82, 2.24) is 10.9 Å². The maximum Gasteiger partial charge on any atom is 0.273 e. The smallest absolute Gasteiger partial charge is 0.273 e. The van der Waals surface area contributed by atoms with Crippen LogP contribution >= 0.6 is 0 Å². The highest BCUT2D eigenvalue weighted by atomic mass is 16.5. The van der Waals surface area contributed by atoms with Gasteiger partial charge in [0.15, 0.2) is 0 Å². The van der Waals surface area contributed by atoms with Gasteiger partial charge in [-0.15, -0.1) is 0 Å². The van der Waals surface area contributed by atoms with Crippen LogP contribution in [0.25, 0.3) is 0 Å². The standard InChI is InChI=1S/C25H25N3O5/c1-17-7-3-4-8-20(17)24(30)26-19-13-11-18(12-14-19)23(29)27-28-25(31)21-9-5-6-10-22(21)33-16-15-32-2/h3-14H,15-16H2,1-2H3,(H,26,30)(H,27,29)(H,28,31). The van der Waals surface area contributed by atoms with Crippen molar-refractivity contribution >= 4 is 23.4 Å². The first-order valence-electron chi connectivity index (χ1n) is 10.3. The lowest BCUT2D eigenvalue weighted by atomic mass is 10.1. The average molecular weight is 447 g/mol. The van der Waals surface area contributed by atoms with Gasteiger partial charge >= 0.3 is 0 Å². The molecule has 3 aromatic rings. The first-order valence-corrected chi connectivity index (χ1v) is 10.3. The molecule has 3 rings (SSSR count). The lowest BCUT2D eigenvalue weighted by Crippen LogP contribution is -2.41. The third-order valence-electron chi connectivity index (χ3n) is 4.76. The van der Waals surface area contributed by atoms with Crippen LogP contribution in [0.5, 0.6) is 5.75 Å². The van der Waals surface area contributed by atoms with Gasteiger partial charge in [-0.05, 0) is 55.0 Å². The Bertz CT molecular complexity index is 1130. The summed E-state index contributed by atoms with van der Waals surface area (Å²) in [5.41, 5.74) is 7.35. The second kappa shape index (κ2) is 11.4. The molecule has 0 aliphatic carbocycles. The van der Waals surface area contributed by atoms with Gasteiger partial charge in [0.2, 0.25) is 0 Å². The van der Waals surface area contributed by atoms with Crippen molar-refractivity contribution in [3.05, 3.63) is 95.1 Å². The molecule has 3 amide bonds. The van der Waals surface area contributed by atoms with E-state index in [1.807, 2.05) is 19.1 Å². The summed E-state index contributed by atoms with van der Waals surface area (Å²) in [5.74, 6) is -0.865. The number of hydrogen-bond donors (Lipinski definition) is 3. The van der Waals surface area contributed by atoms with Crippen LogP contribution in [0, 0.1) is 6.92 Å². The number of ether oxygens (including phenoxy) is 2. The molecular weight excluding hydrogens is 422 g/mol. The van der Waals surface area contributed by atoms with Crippen LogP contribution in [0.1, 0.15) is 36.6 Å². The van der Waals surface area contributed by atoms with Gasteiger partial charge in [0, 0.05) is 23.9 Å². The lowest BCUT2D eigenvalue weighted by molar-refractivity contribution is 0.0842. The maximum absolute atomic E-state index is 12.5. The van der Waals surface area contributed by atoms with Gasteiger partial charge in [-0.3, -0.25) is 25.2 Å². The number of anilines is 1. The molecule has 3 aromatic carbocycles. The second-order valence-electron chi connectivity index (χ2n) is 7.09. The first kappa shape index (κ1) is 23.5. The Kier molecular flexibility index (Phi) is 8.15. The van der Waals surface area contributed by atoms with E-state index in [4.69, 9.17) is 9.47 Å². The van der Waals surface area contributed by atoms with Crippen LogP contribution in [0.15, 0.2) is 72.8 Å². The van der Waals surface area contributed by atoms with E-state index in [-0.39, 0.29) is 11.5 Å². The summed E-state index contributed by atoms with van der Waals surface area (Å²) in [4.78, 5) is 37.3. The van der Waals surface area contributed by atoms with Gasteiger partial charge in [-0.1, -0.05) is 30.3 Å². The fourth-order valence-electron chi connectivity index (χ4n) is 3.00. The molecule has 33 heavy (non-hydrogen) atoms. The van der Waals surface area contributed by atoms with Gasteiger partial charge in [-0.25, -0.2) is 0 Å². The molecule has 0 atom stereocenters. The summed E-state index contributed by atoms with van der Waals surface area (Å²) in [6.45, 7) is 2.54. The van der Waals surface area contributed by atoms with Crippen LogP contribution < -0.4 is 20.9 Å². The minimum absolute atomic E-state index is 0.232. The van der Waals surface area contributed by atoms with Crippen molar-refractivity contribution in [1.29, 1.82) is 0 Å². The largest absolute Gasteiger partial charge is 0.490 e. The Morgan fingerprint density at radius 1 is 0.727 bits per heavy atom. The van der Waals surface area contributed by atoms with Crippen molar-refractivity contribution < 1.29 is 23.9 Å². The number of amides is 3. The van der Waals surface area contributed by atoms with E-state index < -0.39 is 11.8 Å². The predicted octanol–water partition coefficient (Wildman–Crippen LogP) is 3.35. The first-order chi connectivity index (χ1) is 16.0. The maximum atomic E-state index is 12.5. The number of hydrazine groups is 1. The highest BCUT2D eigenvalue weighted by Crippen LogP contribution is 2.18. The molecule has 0 bridgehead atoms. The number of benzene rings is 3. The summed E-state index contributed by atoms with van der Waals surface area (Å²) >= 11 is 0. The van der Waals surface area contributed by atoms with E-state index in [0.29, 0.717) is 35.8 Å². The van der Waals surface area contributed by atoms with Crippen molar-refractivity contribution in [3.63, 3.8) is 0 Å². The van der Waals surface area contributed by atoms with E-state index in [9.17, 15) is 14.4 Å². The summed E-state index contributed by atoms with van der Waals surface area (Å²) in [6, 6.07) is 20.3. The van der Waals surface area contributed by atoms with Gasteiger partial charge < -0.3 is 14.8 Å². The Balaban J connectivity index is 1.56. The molecular formula is C25H25N3O5. The Hall–Kier alpha value is -4.17. The van der Waals surface area contributed by atoms with E-state index in [0.717, 1.165) is 5.56 Å². The number of aryl methyl sites for hydroxylation is 1. The highest BCUT2D eigenvalue weighted by molar-refractivity contribution is 6.05. The minimum atomic E-state index is -0.515. The highest BCUT2D eigenvalue weighted by Gasteiger charge is 2.14. The average Bonchev–Trinajstić information content (AvgIpc) is 2.83. The zero-order chi connectivity index (χ0) is 23.6. The number of hydrogen-bond acceptors (Lipinski definition) is 5. The third-order valence-corrected chi connectivity index (χ3v) is 4.76. The zero-order valence-electron chi connectivity index (χ0n) is 18.4. The number of carbonyl (C=O) groups excluding carboxylic acids is 3. The summed E-state index contributed by atoms with van der Waals surface area (Å²) in [5, 5.41) is 2.80. The molecule has 0 saturated carbocycles. The monoisotopic (exact) mass is 447 g/mol. The number of carbonyl (C=O) groups is 3. The summed E-state index contributed by atoms with van der Waals surface area (Å²) < 4.78 is 10.5. The topological polar surface area (TPSA) is 106 Å². The quantitative estimate of drug-likeness (QED) is 0.363. The fraction of sp³-hybridized carbons (Fsp3) is 0.160. The lowest BCUT2D eigenvalue weighted by Gasteiger charge is -2.12. The predicted molar refractivity (Wildman–Crippen MR) is 124 cm³/mol. The van der Waals surface area contributed by atoms with Crippen LogP contribution in [-0.4, -0.2) is 38.0 Å². The minimum Gasteiger partial charge on any atom is -0.490 e. The van der Waals surface area contributed by atoms with Crippen LogP contribution in [0.4, 0.5) is 5.69 Å². The third kappa shape index (κ3) is 6.41. The molecule has 3 N–H and O–H groups in total. The van der Waals surface area contributed by atoms with Crippen molar-refractivity contribution in [2.45, 2.75) is 6.92 Å². The molecule has 0 heterocycles. The normalized spacial score (nSPS) is 10.2. The van der Waals surface area contributed by atoms with Gasteiger partial charge in [-0.2, -0.15) is 0 Å². The van der Waals surface area contributed by atoms with Crippen LogP contribution in [0.3, 0.4) is 0 Å². The Morgan fingerprint density at radius 3 is 2.06 bits per heavy atom. The molecule has 0 aromatic heterocycles. The number of rotatable bonds is 8. The van der Waals surface area contributed by atoms with Crippen molar-refractivity contribution in [2.75, 3.05) is 25.6 Å². The Morgan fingerprint density at radius 2 is 1.36 bits per heavy atom. The molecule has 0 radical (unpaired) electrons. The molecule has 8 heteroatoms. The van der Waals surface area contributed by atoms with Crippen molar-refractivity contribution in [2.24, 2.45) is 0 Å². The van der Waals surface area contributed by atoms with Crippen LogP contribution in [-0.2, 0) is 4.74 Å². The fourth-order valence-corrected chi connectivity index (χ4v) is 3.00. The molecule has 0 aliphatic heterocycles. The molecule has 0 unspecified atom stereocenters. The summed E-state index contributed by atoms with van der Waals surface area (Å²) in [6.07, 6.45) is 0. The van der Waals surface area contributed by atoms with Crippen molar-refractivity contribution in [3.8, 4) is 5.75 Å². The Labute approximate surface area is 191 Å². The van der Waals surface area contributed by atoms with E-state index >= 15 is 0 Å². The van der Waals surface area contributed by atoms with Gasteiger partial charge in [0.1, 0.15) is 12.4 Å². The number of nitrogens with one attached hydrogen (secondary N) is 3. The number of methoxy groups -OCH3 is 1. The molecule has 0 saturated heterocycles. The molecule has 0 aliphatic rings. The van der Waals surface area contributed by atoms with Crippen LogP contribution in [0.2, 0.25) is 0 Å². The molecule has 8 nitrogen and oxygen atoms in total. The van der Waals surface area contributed by atoms with Gasteiger partial charge in [0.25, 0.3) is 17.7 Å². The second-order valence-corrected chi connectivity index (χ2v) is 7.09. The van der Waals surface area contributed by atoms with Gasteiger partial charge in [0.05, 0.1) is 12.2 Å².